The Bertz CT molecular complexity index is 346. The number of aromatic amines is 1. The van der Waals surface area contributed by atoms with Crippen molar-refractivity contribution >= 4 is 17.5 Å². The molecule has 1 aliphatic rings. The van der Waals surface area contributed by atoms with E-state index in [1.807, 2.05) is 0 Å². The lowest BCUT2D eigenvalue weighted by atomic mass is 10.1. The van der Waals surface area contributed by atoms with Gasteiger partial charge in [0.05, 0.1) is 17.8 Å². The van der Waals surface area contributed by atoms with Gasteiger partial charge in [0.1, 0.15) is 0 Å². The molecule has 0 spiro atoms. The molecule has 0 aromatic carbocycles. The van der Waals surface area contributed by atoms with Crippen molar-refractivity contribution in [3.63, 3.8) is 0 Å². The highest BCUT2D eigenvalue weighted by Crippen LogP contribution is 2.12. The molecule has 6 heteroatoms. The maximum Gasteiger partial charge on any atom is 0.229 e. The van der Waals surface area contributed by atoms with E-state index >= 15 is 0 Å². The first-order valence-corrected chi connectivity index (χ1v) is 4.32. The van der Waals surface area contributed by atoms with Gasteiger partial charge < -0.3 is 10.6 Å². The number of hydrogen-bond donors (Lipinski definition) is 3. The Balaban J connectivity index is 1.93. The molecular formula is C8H10N4O2. The van der Waals surface area contributed by atoms with Crippen LogP contribution in [0.5, 0.6) is 0 Å². The van der Waals surface area contributed by atoms with Crippen molar-refractivity contribution in [3.8, 4) is 0 Å². The van der Waals surface area contributed by atoms with Gasteiger partial charge in [0, 0.05) is 19.2 Å². The summed E-state index contributed by atoms with van der Waals surface area (Å²) in [6, 6.07) is 0. The van der Waals surface area contributed by atoms with Gasteiger partial charge in [-0.3, -0.25) is 14.7 Å². The van der Waals surface area contributed by atoms with E-state index in [9.17, 15) is 9.59 Å². The Morgan fingerprint density at radius 2 is 2.50 bits per heavy atom. The van der Waals surface area contributed by atoms with Gasteiger partial charge in [0.15, 0.2) is 0 Å². The van der Waals surface area contributed by atoms with Crippen LogP contribution in [0.2, 0.25) is 0 Å². The summed E-state index contributed by atoms with van der Waals surface area (Å²) < 4.78 is 0. The highest BCUT2D eigenvalue weighted by molar-refractivity contribution is 5.96. The van der Waals surface area contributed by atoms with E-state index in [1.54, 1.807) is 6.20 Å². The molecule has 1 aromatic heterocycles. The fourth-order valence-corrected chi connectivity index (χ4v) is 1.35. The number of carbonyl (C=O) groups excluding carboxylic acids is 2. The molecule has 0 bridgehead atoms. The molecule has 0 aliphatic carbocycles. The lowest BCUT2D eigenvalue weighted by Gasteiger charge is -2.06. The van der Waals surface area contributed by atoms with Crippen molar-refractivity contribution in [1.82, 2.24) is 15.5 Å². The van der Waals surface area contributed by atoms with Gasteiger partial charge in [-0.05, 0) is 0 Å². The van der Waals surface area contributed by atoms with Crippen LogP contribution in [0.4, 0.5) is 5.69 Å². The molecule has 0 radical (unpaired) electrons. The van der Waals surface area contributed by atoms with Gasteiger partial charge in [-0.25, -0.2) is 0 Å². The molecule has 6 nitrogen and oxygen atoms in total. The zero-order chi connectivity index (χ0) is 9.97. The second-order valence-corrected chi connectivity index (χ2v) is 3.18. The Morgan fingerprint density at radius 3 is 3.07 bits per heavy atom. The summed E-state index contributed by atoms with van der Waals surface area (Å²) in [5, 5.41) is 11.5. The quantitative estimate of drug-likeness (QED) is 0.592. The maximum atomic E-state index is 11.5. The first-order valence-electron chi connectivity index (χ1n) is 4.32. The second-order valence-electron chi connectivity index (χ2n) is 3.18. The predicted octanol–water partition coefficient (Wildman–Crippen LogP) is -0.516. The standard InChI is InChI=1S/C8H10N4O2/c13-7-1-5(2-9-7)8(14)12-6-3-10-11-4-6/h3-5H,1-2H2,(H,9,13)(H,10,11)(H,12,14). The first-order chi connectivity index (χ1) is 6.75. The van der Waals surface area contributed by atoms with E-state index in [-0.39, 0.29) is 24.2 Å². The van der Waals surface area contributed by atoms with Gasteiger partial charge >= 0.3 is 0 Å². The molecule has 2 rings (SSSR count). The van der Waals surface area contributed by atoms with Crippen molar-refractivity contribution in [2.75, 3.05) is 11.9 Å². The number of anilines is 1. The summed E-state index contributed by atoms with van der Waals surface area (Å²) in [5.41, 5.74) is 0.620. The molecule has 3 N–H and O–H groups in total. The fraction of sp³-hybridized carbons (Fsp3) is 0.375. The van der Waals surface area contributed by atoms with Crippen LogP contribution in [0.3, 0.4) is 0 Å². The van der Waals surface area contributed by atoms with E-state index < -0.39 is 0 Å². The Labute approximate surface area is 80.1 Å². The molecule has 0 saturated carbocycles. The minimum absolute atomic E-state index is 0.0719. The highest BCUT2D eigenvalue weighted by Gasteiger charge is 2.27. The second kappa shape index (κ2) is 3.49. The minimum atomic E-state index is -0.266. The van der Waals surface area contributed by atoms with Crippen LogP contribution < -0.4 is 10.6 Å². The molecule has 74 valence electrons. The summed E-state index contributed by atoms with van der Waals surface area (Å²) >= 11 is 0. The Kier molecular flexibility index (Phi) is 2.18. The summed E-state index contributed by atoms with van der Waals surface area (Å²) in [6.45, 7) is 0.419. The highest BCUT2D eigenvalue weighted by atomic mass is 16.2. The number of H-pyrrole nitrogens is 1. The molecule has 1 aromatic rings. The van der Waals surface area contributed by atoms with Crippen LogP contribution in [-0.4, -0.2) is 28.6 Å². The number of nitrogens with zero attached hydrogens (tertiary/aromatic N) is 1. The summed E-state index contributed by atoms with van der Waals surface area (Å²) in [5.74, 6) is -0.487. The number of hydrogen-bond acceptors (Lipinski definition) is 3. The molecule has 1 saturated heterocycles. The molecular weight excluding hydrogens is 184 g/mol. The third kappa shape index (κ3) is 1.73. The van der Waals surface area contributed by atoms with E-state index in [4.69, 9.17) is 0 Å². The third-order valence-electron chi connectivity index (χ3n) is 2.11. The molecule has 14 heavy (non-hydrogen) atoms. The van der Waals surface area contributed by atoms with E-state index in [0.717, 1.165) is 0 Å². The van der Waals surface area contributed by atoms with Crippen molar-refractivity contribution in [3.05, 3.63) is 12.4 Å². The molecule has 2 heterocycles. The fourth-order valence-electron chi connectivity index (χ4n) is 1.35. The predicted molar refractivity (Wildman–Crippen MR) is 48.3 cm³/mol. The average molecular weight is 194 g/mol. The molecule has 1 fully saturated rings. The lowest BCUT2D eigenvalue weighted by molar-refractivity contribution is -0.123. The van der Waals surface area contributed by atoms with E-state index in [2.05, 4.69) is 20.8 Å². The summed E-state index contributed by atoms with van der Waals surface area (Å²) in [4.78, 5) is 22.4. The van der Waals surface area contributed by atoms with Crippen molar-refractivity contribution < 1.29 is 9.59 Å². The van der Waals surface area contributed by atoms with Gasteiger partial charge in [0.2, 0.25) is 11.8 Å². The maximum absolute atomic E-state index is 11.5. The van der Waals surface area contributed by atoms with E-state index in [0.29, 0.717) is 12.2 Å². The van der Waals surface area contributed by atoms with Gasteiger partial charge in [-0.1, -0.05) is 0 Å². The van der Waals surface area contributed by atoms with Crippen LogP contribution in [-0.2, 0) is 9.59 Å². The largest absolute Gasteiger partial charge is 0.355 e. The van der Waals surface area contributed by atoms with Crippen molar-refractivity contribution in [1.29, 1.82) is 0 Å². The number of amides is 2. The Morgan fingerprint density at radius 1 is 1.64 bits per heavy atom. The number of carbonyl (C=O) groups is 2. The van der Waals surface area contributed by atoms with E-state index in [1.165, 1.54) is 6.20 Å². The van der Waals surface area contributed by atoms with Gasteiger partial charge in [-0.2, -0.15) is 5.10 Å². The number of nitrogens with one attached hydrogen (secondary N) is 3. The average Bonchev–Trinajstić information content (AvgIpc) is 2.75. The zero-order valence-corrected chi connectivity index (χ0v) is 7.41. The smallest absolute Gasteiger partial charge is 0.229 e. The number of aromatic nitrogens is 2. The zero-order valence-electron chi connectivity index (χ0n) is 7.41. The van der Waals surface area contributed by atoms with Crippen LogP contribution in [0, 0.1) is 5.92 Å². The third-order valence-corrected chi connectivity index (χ3v) is 2.11. The monoisotopic (exact) mass is 194 g/mol. The Hall–Kier alpha value is -1.85. The number of rotatable bonds is 2. The molecule has 1 atom stereocenters. The normalized spacial score (nSPS) is 20.6. The minimum Gasteiger partial charge on any atom is -0.355 e. The van der Waals surface area contributed by atoms with Crippen LogP contribution in [0.15, 0.2) is 12.4 Å². The molecule has 1 aliphatic heterocycles. The topological polar surface area (TPSA) is 86.9 Å². The lowest BCUT2D eigenvalue weighted by Crippen LogP contribution is -2.24. The van der Waals surface area contributed by atoms with Crippen molar-refractivity contribution in [2.24, 2.45) is 5.92 Å². The molecule has 1 unspecified atom stereocenters. The molecule has 2 amide bonds. The first kappa shape index (κ1) is 8.74. The van der Waals surface area contributed by atoms with Crippen LogP contribution >= 0.6 is 0 Å². The SMILES string of the molecule is O=C1CC(C(=O)Nc2cn[nH]c2)CN1. The van der Waals surface area contributed by atoms with Gasteiger partial charge in [0.25, 0.3) is 0 Å². The summed E-state index contributed by atoms with van der Waals surface area (Å²) in [7, 11) is 0. The van der Waals surface area contributed by atoms with Crippen LogP contribution in [0.1, 0.15) is 6.42 Å². The van der Waals surface area contributed by atoms with Gasteiger partial charge in [-0.15, -0.1) is 0 Å². The summed E-state index contributed by atoms with van der Waals surface area (Å²) in [6.07, 6.45) is 3.37. The van der Waals surface area contributed by atoms with Crippen LogP contribution in [0.25, 0.3) is 0 Å². The van der Waals surface area contributed by atoms with Crippen molar-refractivity contribution in [2.45, 2.75) is 6.42 Å².